The van der Waals surface area contributed by atoms with E-state index < -0.39 is 0 Å². The van der Waals surface area contributed by atoms with E-state index in [1.807, 2.05) is 84.9 Å². The Bertz CT molecular complexity index is 8070. The van der Waals surface area contributed by atoms with Gasteiger partial charge in [0.05, 0.1) is 87.5 Å². The molecule has 10 aliphatic rings. The highest BCUT2D eigenvalue weighted by Gasteiger charge is 2.39. The smallest absolute Gasteiger partial charge is 0.248 e. The van der Waals surface area contributed by atoms with Gasteiger partial charge in [-0.3, -0.25) is 24.5 Å². The number of aryl methyl sites for hydroxylation is 9. The van der Waals surface area contributed by atoms with E-state index in [0.29, 0.717) is 12.5 Å². The Morgan fingerprint density at radius 1 is 0.212 bits per heavy atom. The summed E-state index contributed by atoms with van der Waals surface area (Å²) < 4.78 is 57.2. The van der Waals surface area contributed by atoms with Crippen molar-refractivity contribution in [3.05, 3.63) is 409 Å². The van der Waals surface area contributed by atoms with Gasteiger partial charge >= 0.3 is 0 Å². The van der Waals surface area contributed by atoms with E-state index in [1.54, 1.807) is 5.56 Å². The van der Waals surface area contributed by atoms with Crippen molar-refractivity contribution in [2.24, 2.45) is 10.2 Å². The number of azo groups is 1. The maximum atomic E-state index is 6.60. The fraction of sp³-hybridized carbons (Fsp3) is 0.215. The molecule has 0 saturated heterocycles. The Balaban J connectivity index is 0.0000000927. The van der Waals surface area contributed by atoms with Crippen LogP contribution in [0.1, 0.15) is 157 Å². The van der Waals surface area contributed by atoms with Crippen LogP contribution >= 0.6 is 0 Å². The van der Waals surface area contributed by atoms with Gasteiger partial charge in [0.25, 0.3) is 0 Å². The predicted molar refractivity (Wildman–Crippen MR) is 590 cm³/mol. The SMILES string of the molecule is Cc1ccc(N2c3ccccc3C=Cc3c2oc2ccccc32)c2c1CCCO2.Cc1ccc(N2c3ccccc3CCCc3c2oc2ccccc32)c2c1CCCC2.Cc1ccc(N2c3ccccc3CCc3c2oc2ccccc32)c2c1CCCO2.Cc1ccc(N2c3ccccc3COc3c2oc2ccccc32)c2c1CCCC2.Cc1ccc(N2c3ccccc3N=Nc3c2oc2ccccc32)c2c1CCCO2. The predicted octanol–water partition coefficient (Wildman–Crippen LogP) is 35.5. The molecule has 13 heterocycles. The van der Waals surface area contributed by atoms with Gasteiger partial charge in [0.2, 0.25) is 29.4 Å². The van der Waals surface area contributed by atoms with E-state index in [1.165, 1.54) is 155 Å². The Morgan fingerprint density at radius 3 is 1.14 bits per heavy atom. The van der Waals surface area contributed by atoms with Crippen LogP contribution in [0.4, 0.5) is 97.7 Å². The molecule has 5 aromatic heterocycles. The van der Waals surface area contributed by atoms with E-state index in [4.69, 9.17) is 41.0 Å². The number of nitrogens with zero attached hydrogens (tertiary/aromatic N) is 7. The normalized spacial score (nSPS) is 15.2. The summed E-state index contributed by atoms with van der Waals surface area (Å²) in [6.07, 6.45) is 25.6. The number of para-hydroxylation sites is 10. The number of anilines is 15. The summed E-state index contributed by atoms with van der Waals surface area (Å²) in [4.78, 5) is 11.4. The van der Waals surface area contributed by atoms with E-state index in [2.05, 4.69) is 300 Å². The second-order valence-corrected chi connectivity index (χ2v) is 40.0. The summed E-state index contributed by atoms with van der Waals surface area (Å²) in [6, 6.07) is 106. The summed E-state index contributed by atoms with van der Waals surface area (Å²) >= 11 is 0. The van der Waals surface area contributed by atoms with Crippen LogP contribution in [0.25, 0.3) is 67.0 Å². The second kappa shape index (κ2) is 38.0. The van der Waals surface area contributed by atoms with E-state index in [-0.39, 0.29) is 0 Å². The summed E-state index contributed by atoms with van der Waals surface area (Å²) in [5.74, 6) is 8.00. The maximum absolute atomic E-state index is 6.60. The van der Waals surface area contributed by atoms with E-state index in [9.17, 15) is 0 Å². The number of furan rings is 5. The van der Waals surface area contributed by atoms with Gasteiger partial charge in [-0.2, -0.15) is 0 Å². The molecule has 0 amide bonds. The fourth-order valence-electron chi connectivity index (χ4n) is 24.0. The minimum atomic E-state index is 0.539. The molecule has 722 valence electrons. The number of rotatable bonds is 5. The lowest BCUT2D eigenvalue weighted by atomic mass is 9.86. The second-order valence-electron chi connectivity index (χ2n) is 40.0. The number of hydrogen-bond donors (Lipinski definition) is 0. The highest BCUT2D eigenvalue weighted by molar-refractivity contribution is 6.05. The first-order valence-electron chi connectivity index (χ1n) is 52.2. The van der Waals surface area contributed by atoms with Crippen molar-refractivity contribution in [1.82, 2.24) is 0 Å². The first kappa shape index (κ1) is 89.6. The van der Waals surface area contributed by atoms with Gasteiger partial charge in [-0.25, -0.2) is 0 Å². The topological polar surface area (TPSA) is 144 Å². The molecule has 146 heavy (non-hydrogen) atoms. The minimum Gasteiger partial charge on any atom is -0.491 e. The van der Waals surface area contributed by atoms with Crippen molar-refractivity contribution in [1.29, 1.82) is 0 Å². The fourth-order valence-corrected chi connectivity index (χ4v) is 24.0. The van der Waals surface area contributed by atoms with Crippen LogP contribution in [0.3, 0.4) is 0 Å². The molecule has 2 aliphatic carbocycles. The molecule has 0 saturated carbocycles. The average Bonchev–Trinajstić information content (AvgIpc) is 1.59. The van der Waals surface area contributed by atoms with Crippen LogP contribution in [-0.2, 0) is 77.2 Å². The van der Waals surface area contributed by atoms with Crippen molar-refractivity contribution >= 4 is 165 Å². The molecule has 0 radical (unpaired) electrons. The number of ether oxygens (including phenoxy) is 4. The molecule has 8 aliphatic heterocycles. The molecule has 15 aromatic carbocycles. The third kappa shape index (κ3) is 15.8. The van der Waals surface area contributed by atoms with Crippen molar-refractivity contribution in [2.45, 2.75) is 163 Å². The Hall–Kier alpha value is -16.5. The number of hydrogen-bond acceptors (Lipinski definition) is 16. The minimum absolute atomic E-state index is 0.539. The third-order valence-electron chi connectivity index (χ3n) is 31.2. The molecular formula is C130H113N7O9. The Labute approximate surface area is 850 Å². The van der Waals surface area contributed by atoms with Gasteiger partial charge in [0.15, 0.2) is 11.4 Å². The first-order chi connectivity index (χ1) is 72.0. The van der Waals surface area contributed by atoms with Gasteiger partial charge in [-0.15, -0.1) is 10.2 Å². The van der Waals surface area contributed by atoms with Gasteiger partial charge < -0.3 is 41.0 Å². The van der Waals surface area contributed by atoms with Gasteiger partial charge in [0.1, 0.15) is 57.5 Å². The zero-order valence-corrected chi connectivity index (χ0v) is 83.1. The third-order valence-corrected chi connectivity index (χ3v) is 31.2. The van der Waals surface area contributed by atoms with Crippen molar-refractivity contribution in [2.75, 3.05) is 44.3 Å². The molecule has 0 unspecified atom stereocenters. The standard InChI is InChI=1S/C28H27NO.2C26H23NO2.C26H21NO2.C24H19N3O2/c1-19-17-18-26(22-12-4-3-11-21(19)22)29-25-15-6-2-9-20(25)10-8-14-24-23-13-5-7-16-27(23)30-28(24)29;1-17-14-15-23(20-10-4-3-9-19(17)20)27-22-12-6-2-8-18(22)16-28-25-21-11-5-7-13-24(21)29-26(25)27;2*1-17-12-15-23(25-19(17)9-6-16-28-25)27-22-10-4-2-7-18(22)13-14-21-20-8-3-5-11-24(20)29-26(21)27;1-15-12-13-20(23-16(15)8-6-14-28-23)27-19-10-4-3-9-18(19)25-26-22-17-7-2-5-11-21(17)29-24(22)27/h2,5-7,9,13,15-18H,3-4,8,10-12,14H2,1H3;2,5-8,11-15H,3-4,9-10,16H2,1H3;2-5,7-8,10-12,15H,6,9,13-14,16H2,1H3;2-5,7-8,10-15H,6,9,16H2,1H3;2-5,7,9-13H,6,8,14H2,1H3. The molecule has 30 rings (SSSR count). The summed E-state index contributed by atoms with van der Waals surface area (Å²) in [5, 5.41) is 14.7. The van der Waals surface area contributed by atoms with Crippen LogP contribution in [0.2, 0.25) is 0 Å². The summed E-state index contributed by atoms with van der Waals surface area (Å²) in [5.41, 5.74) is 42.7. The molecule has 0 spiro atoms. The number of fused-ring (bicyclic) bond motifs is 25. The Morgan fingerprint density at radius 2 is 0.575 bits per heavy atom. The van der Waals surface area contributed by atoms with Crippen molar-refractivity contribution in [3.63, 3.8) is 0 Å². The monoisotopic (exact) mass is 1920 g/mol. The summed E-state index contributed by atoms with van der Waals surface area (Å²) in [6.45, 7) is 13.8. The molecule has 16 nitrogen and oxygen atoms in total. The molecule has 16 heteroatoms. The largest absolute Gasteiger partial charge is 0.491 e. The highest BCUT2D eigenvalue weighted by atomic mass is 16.5. The summed E-state index contributed by atoms with van der Waals surface area (Å²) in [7, 11) is 0. The number of benzene rings is 15. The molecule has 0 N–H and O–H groups in total. The van der Waals surface area contributed by atoms with Gasteiger partial charge in [0, 0.05) is 38.4 Å². The lowest BCUT2D eigenvalue weighted by Gasteiger charge is -2.32. The molecule has 0 bridgehead atoms. The lowest BCUT2D eigenvalue weighted by molar-refractivity contribution is 0.288. The molecular weight excluding hydrogens is 1800 g/mol. The molecule has 0 atom stereocenters. The highest BCUT2D eigenvalue weighted by Crippen LogP contribution is 2.59. The van der Waals surface area contributed by atoms with E-state index in [0.717, 1.165) is 257 Å². The maximum Gasteiger partial charge on any atom is 0.248 e. The Kier molecular flexibility index (Phi) is 23.3. The lowest BCUT2D eigenvalue weighted by Crippen LogP contribution is -2.19. The quantitative estimate of drug-likeness (QED) is 0.161. The molecule has 0 fully saturated rings. The zero-order valence-electron chi connectivity index (χ0n) is 83.1. The first-order valence-corrected chi connectivity index (χ1v) is 52.2. The van der Waals surface area contributed by atoms with Crippen LogP contribution in [0, 0.1) is 34.6 Å². The van der Waals surface area contributed by atoms with Gasteiger partial charge in [-0.1, -0.05) is 200 Å². The van der Waals surface area contributed by atoms with Crippen molar-refractivity contribution in [3.8, 4) is 23.0 Å². The van der Waals surface area contributed by atoms with Crippen LogP contribution in [0.15, 0.2) is 336 Å². The zero-order chi connectivity index (χ0) is 97.6. The van der Waals surface area contributed by atoms with Crippen LogP contribution in [-0.4, -0.2) is 19.8 Å². The van der Waals surface area contributed by atoms with Crippen LogP contribution < -0.4 is 43.4 Å². The average molecular weight is 1920 g/mol. The van der Waals surface area contributed by atoms with Crippen molar-refractivity contribution < 1.29 is 41.0 Å². The van der Waals surface area contributed by atoms with Crippen LogP contribution in [0.5, 0.6) is 23.0 Å². The van der Waals surface area contributed by atoms with E-state index >= 15 is 0 Å². The van der Waals surface area contributed by atoms with Gasteiger partial charge in [-0.05, 0) is 355 Å². The molecule has 20 aromatic rings.